The first-order valence-corrected chi connectivity index (χ1v) is 8.17. The van der Waals surface area contributed by atoms with Crippen molar-refractivity contribution in [3.8, 4) is 0 Å². The first-order valence-electron chi connectivity index (χ1n) is 6.68. The summed E-state index contributed by atoms with van der Waals surface area (Å²) in [4.78, 5) is 0. The van der Waals surface area contributed by atoms with Gasteiger partial charge < -0.3 is 5.32 Å². The van der Waals surface area contributed by atoms with Crippen molar-refractivity contribution in [3.05, 3.63) is 0 Å². The Balaban J connectivity index is 3.40. The molecule has 3 atom stereocenters. The maximum Gasteiger partial charge on any atom is 0.0260 e. The Morgan fingerprint density at radius 3 is 2.44 bits per heavy atom. The molecule has 0 heterocycles. The maximum atomic E-state index is 11.7. The fourth-order valence-corrected chi connectivity index (χ4v) is 3.25. The van der Waals surface area contributed by atoms with Crippen molar-refractivity contribution >= 4 is 10.8 Å². The second kappa shape index (κ2) is 10.3. The van der Waals surface area contributed by atoms with Crippen LogP contribution in [0.15, 0.2) is 0 Å². The van der Waals surface area contributed by atoms with Crippen molar-refractivity contribution in [3.63, 3.8) is 0 Å². The molecule has 0 amide bonds. The average molecular weight is 247 g/mol. The largest absolute Gasteiger partial charge is 0.315 e. The van der Waals surface area contributed by atoms with Crippen molar-refractivity contribution in [2.24, 2.45) is 5.92 Å². The van der Waals surface area contributed by atoms with Gasteiger partial charge in [0.15, 0.2) is 0 Å². The van der Waals surface area contributed by atoms with Crippen LogP contribution in [0.1, 0.15) is 53.4 Å². The smallest absolute Gasteiger partial charge is 0.0260 e. The molecular formula is C13H29NOS. The minimum Gasteiger partial charge on any atom is -0.315 e. The quantitative estimate of drug-likeness (QED) is 0.601. The lowest BCUT2D eigenvalue weighted by atomic mass is 10.1. The van der Waals surface area contributed by atoms with Gasteiger partial charge in [-0.1, -0.05) is 33.6 Å². The molecule has 0 saturated heterocycles. The number of hydrogen-bond donors (Lipinski definition) is 1. The van der Waals surface area contributed by atoms with E-state index in [9.17, 15) is 4.21 Å². The van der Waals surface area contributed by atoms with E-state index in [1.54, 1.807) is 0 Å². The molecule has 0 rings (SSSR count). The van der Waals surface area contributed by atoms with E-state index in [1.165, 1.54) is 12.8 Å². The maximum absolute atomic E-state index is 11.7. The molecular weight excluding hydrogens is 218 g/mol. The molecule has 0 fully saturated rings. The first kappa shape index (κ1) is 16.1. The van der Waals surface area contributed by atoms with Crippen molar-refractivity contribution in [2.75, 3.05) is 18.1 Å². The molecule has 0 aliphatic heterocycles. The number of unbranched alkanes of at least 4 members (excludes halogenated alkanes) is 1. The predicted octanol–water partition coefficient (Wildman–Crippen LogP) is 2.95. The summed E-state index contributed by atoms with van der Waals surface area (Å²) in [5.41, 5.74) is 0. The highest BCUT2D eigenvalue weighted by atomic mass is 32.2. The summed E-state index contributed by atoms with van der Waals surface area (Å²) in [6, 6.07) is 0.605. The van der Waals surface area contributed by atoms with Crippen LogP contribution in [-0.4, -0.2) is 28.3 Å². The molecule has 0 spiro atoms. The molecule has 1 N–H and O–H groups in total. The molecule has 0 aromatic carbocycles. The molecule has 0 aliphatic carbocycles. The Morgan fingerprint density at radius 1 is 1.19 bits per heavy atom. The van der Waals surface area contributed by atoms with E-state index in [0.29, 0.717) is 12.0 Å². The lowest BCUT2D eigenvalue weighted by Gasteiger charge is -2.12. The molecule has 0 aliphatic rings. The van der Waals surface area contributed by atoms with E-state index in [4.69, 9.17) is 0 Å². The Morgan fingerprint density at radius 2 is 1.88 bits per heavy atom. The van der Waals surface area contributed by atoms with Gasteiger partial charge in [0.25, 0.3) is 0 Å². The van der Waals surface area contributed by atoms with Gasteiger partial charge in [-0.2, -0.15) is 0 Å². The standard InChI is InChI=1S/C13H29NOS/c1-5-12(3)11-16(15)10-8-7-9-13(4)14-6-2/h12-14H,5-11H2,1-4H3. The summed E-state index contributed by atoms with van der Waals surface area (Å²) in [6.45, 7) is 9.75. The Hall–Kier alpha value is 0.110. The molecule has 2 nitrogen and oxygen atoms in total. The highest BCUT2D eigenvalue weighted by Gasteiger charge is 2.06. The zero-order chi connectivity index (χ0) is 12.4. The lowest BCUT2D eigenvalue weighted by Crippen LogP contribution is -2.25. The lowest BCUT2D eigenvalue weighted by molar-refractivity contribution is 0.509. The van der Waals surface area contributed by atoms with E-state index < -0.39 is 10.8 Å². The molecule has 0 saturated carbocycles. The number of hydrogen-bond acceptors (Lipinski definition) is 2. The third kappa shape index (κ3) is 9.34. The molecule has 16 heavy (non-hydrogen) atoms. The van der Waals surface area contributed by atoms with E-state index in [-0.39, 0.29) is 0 Å². The van der Waals surface area contributed by atoms with Gasteiger partial charge in [-0.05, 0) is 32.2 Å². The van der Waals surface area contributed by atoms with Crippen LogP contribution in [0.3, 0.4) is 0 Å². The third-order valence-electron chi connectivity index (χ3n) is 2.98. The molecule has 0 aromatic heterocycles. The van der Waals surface area contributed by atoms with E-state index in [2.05, 4.69) is 33.0 Å². The third-order valence-corrected chi connectivity index (χ3v) is 4.66. The SMILES string of the molecule is CCNC(C)CCCCS(=O)CC(C)CC. The van der Waals surface area contributed by atoms with Crippen LogP contribution in [0.4, 0.5) is 0 Å². The fraction of sp³-hybridized carbons (Fsp3) is 1.00. The van der Waals surface area contributed by atoms with E-state index >= 15 is 0 Å². The van der Waals surface area contributed by atoms with Gasteiger partial charge in [-0.15, -0.1) is 0 Å². The number of rotatable bonds is 10. The molecule has 0 aromatic rings. The Kier molecular flexibility index (Phi) is 10.3. The van der Waals surface area contributed by atoms with Gasteiger partial charge in [-0.3, -0.25) is 4.21 Å². The first-order chi connectivity index (χ1) is 7.60. The molecule has 3 unspecified atom stereocenters. The van der Waals surface area contributed by atoms with Crippen LogP contribution in [0.2, 0.25) is 0 Å². The second-order valence-electron chi connectivity index (χ2n) is 4.78. The molecule has 0 radical (unpaired) electrons. The monoisotopic (exact) mass is 247 g/mol. The zero-order valence-electron chi connectivity index (χ0n) is 11.4. The van der Waals surface area contributed by atoms with Crippen LogP contribution in [0.5, 0.6) is 0 Å². The van der Waals surface area contributed by atoms with Gasteiger partial charge >= 0.3 is 0 Å². The second-order valence-corrected chi connectivity index (χ2v) is 6.40. The Labute approximate surface area is 104 Å². The molecule has 3 heteroatoms. The van der Waals surface area contributed by atoms with Crippen molar-refractivity contribution in [2.45, 2.75) is 59.4 Å². The topological polar surface area (TPSA) is 29.1 Å². The van der Waals surface area contributed by atoms with Crippen LogP contribution in [0.25, 0.3) is 0 Å². The summed E-state index contributed by atoms with van der Waals surface area (Å²) < 4.78 is 11.7. The van der Waals surface area contributed by atoms with Crippen LogP contribution < -0.4 is 5.32 Å². The van der Waals surface area contributed by atoms with Crippen molar-refractivity contribution in [1.82, 2.24) is 5.32 Å². The van der Waals surface area contributed by atoms with Gasteiger partial charge in [0.1, 0.15) is 0 Å². The minimum absolute atomic E-state index is 0.589. The molecule has 98 valence electrons. The summed E-state index contributed by atoms with van der Waals surface area (Å²) in [7, 11) is -0.589. The zero-order valence-corrected chi connectivity index (χ0v) is 12.2. The molecule has 0 bridgehead atoms. The van der Waals surface area contributed by atoms with Gasteiger partial charge in [0.2, 0.25) is 0 Å². The normalized spacial score (nSPS) is 17.0. The number of nitrogens with one attached hydrogen (secondary N) is 1. The van der Waals surface area contributed by atoms with Gasteiger partial charge in [0.05, 0.1) is 0 Å². The van der Waals surface area contributed by atoms with E-state index in [0.717, 1.165) is 30.9 Å². The minimum atomic E-state index is -0.589. The fourth-order valence-electron chi connectivity index (χ4n) is 1.68. The van der Waals surface area contributed by atoms with Crippen LogP contribution in [-0.2, 0) is 10.8 Å². The summed E-state index contributed by atoms with van der Waals surface area (Å²) in [5, 5.41) is 3.40. The van der Waals surface area contributed by atoms with Gasteiger partial charge in [0, 0.05) is 28.3 Å². The highest BCUT2D eigenvalue weighted by Crippen LogP contribution is 2.06. The van der Waals surface area contributed by atoms with Crippen molar-refractivity contribution in [1.29, 1.82) is 0 Å². The Bertz CT molecular complexity index is 185. The van der Waals surface area contributed by atoms with Crippen molar-refractivity contribution < 1.29 is 4.21 Å². The predicted molar refractivity (Wildman–Crippen MR) is 74.3 cm³/mol. The van der Waals surface area contributed by atoms with Crippen LogP contribution in [0, 0.1) is 5.92 Å². The van der Waals surface area contributed by atoms with E-state index in [1.807, 2.05) is 0 Å². The summed E-state index contributed by atoms with van der Waals surface area (Å²) in [5.74, 6) is 2.39. The highest BCUT2D eigenvalue weighted by molar-refractivity contribution is 7.84. The summed E-state index contributed by atoms with van der Waals surface area (Å²) >= 11 is 0. The van der Waals surface area contributed by atoms with Gasteiger partial charge in [-0.25, -0.2) is 0 Å². The average Bonchev–Trinajstić information content (AvgIpc) is 2.24. The van der Waals surface area contributed by atoms with Crippen LogP contribution >= 0.6 is 0 Å². The summed E-state index contributed by atoms with van der Waals surface area (Å²) in [6.07, 6.45) is 4.65.